The summed E-state index contributed by atoms with van der Waals surface area (Å²) >= 11 is 0. The van der Waals surface area contributed by atoms with E-state index in [2.05, 4.69) is 23.8 Å². The van der Waals surface area contributed by atoms with Gasteiger partial charge in [-0.15, -0.1) is 13.2 Å². The van der Waals surface area contributed by atoms with Crippen molar-refractivity contribution in [2.75, 3.05) is 33.0 Å². The van der Waals surface area contributed by atoms with Crippen LogP contribution in [0.5, 0.6) is 0 Å². The van der Waals surface area contributed by atoms with E-state index in [1.807, 2.05) is 44.2 Å². The largest absolute Gasteiger partial charge is 0.463 e. The SMILES string of the molecule is C=CCC[C@H](Cc1ccccc1)C(=O)OC[C@@H](NC(=O)[C@H](CC=C)CC(=O)NCCOCCO)C(C)C. The summed E-state index contributed by atoms with van der Waals surface area (Å²) in [6, 6.07) is 9.41. The third kappa shape index (κ3) is 13.8. The highest BCUT2D eigenvalue weighted by Gasteiger charge is 2.27. The fourth-order valence-electron chi connectivity index (χ4n) is 3.72. The molecular weight excluding hydrogens is 472 g/mol. The average molecular weight is 517 g/mol. The van der Waals surface area contributed by atoms with E-state index < -0.39 is 12.0 Å². The van der Waals surface area contributed by atoms with Crippen LogP contribution in [0.15, 0.2) is 55.6 Å². The summed E-state index contributed by atoms with van der Waals surface area (Å²) in [5.74, 6) is -1.73. The van der Waals surface area contributed by atoms with Gasteiger partial charge in [-0.2, -0.15) is 0 Å². The van der Waals surface area contributed by atoms with E-state index in [0.29, 0.717) is 32.2 Å². The molecule has 0 spiro atoms. The number of amides is 2. The molecule has 0 unspecified atom stereocenters. The van der Waals surface area contributed by atoms with Crippen molar-refractivity contribution in [1.29, 1.82) is 0 Å². The molecule has 2 amide bonds. The fraction of sp³-hybridized carbons (Fsp3) is 0.552. The van der Waals surface area contributed by atoms with Crippen molar-refractivity contribution in [2.24, 2.45) is 17.8 Å². The Morgan fingerprint density at radius 2 is 1.78 bits per heavy atom. The number of nitrogens with one attached hydrogen (secondary N) is 2. The second-order valence-electron chi connectivity index (χ2n) is 9.35. The van der Waals surface area contributed by atoms with Gasteiger partial charge in [0.05, 0.1) is 37.7 Å². The van der Waals surface area contributed by atoms with Gasteiger partial charge < -0.3 is 25.2 Å². The zero-order valence-electron chi connectivity index (χ0n) is 22.3. The predicted octanol–water partition coefficient (Wildman–Crippen LogP) is 3.20. The molecule has 8 nitrogen and oxygen atoms in total. The maximum Gasteiger partial charge on any atom is 0.309 e. The van der Waals surface area contributed by atoms with Crippen molar-refractivity contribution in [3.8, 4) is 0 Å². The third-order valence-electron chi connectivity index (χ3n) is 5.97. The van der Waals surface area contributed by atoms with E-state index >= 15 is 0 Å². The molecule has 0 saturated carbocycles. The average Bonchev–Trinajstić information content (AvgIpc) is 2.88. The number of aliphatic hydroxyl groups excluding tert-OH is 1. The lowest BCUT2D eigenvalue weighted by molar-refractivity contribution is -0.150. The lowest BCUT2D eigenvalue weighted by atomic mass is 9.94. The molecule has 0 aliphatic rings. The van der Waals surface area contributed by atoms with Crippen LogP contribution in [-0.4, -0.2) is 61.9 Å². The van der Waals surface area contributed by atoms with E-state index in [1.165, 1.54) is 0 Å². The standard InChI is InChI=1S/C29H44N2O6/c1-5-7-14-25(19-23-12-9-8-10-13-23)29(35)37-21-26(22(3)4)31-28(34)24(11-6-2)20-27(33)30-15-17-36-18-16-32/h5-6,8-10,12-13,22,24-26,32H,1-2,7,11,14-21H2,3-4H3,(H,30,33)(H,31,34)/t24-,25-,26-/m1/s1. The van der Waals surface area contributed by atoms with Gasteiger partial charge in [0, 0.05) is 13.0 Å². The van der Waals surface area contributed by atoms with Gasteiger partial charge in [-0.1, -0.05) is 56.3 Å². The van der Waals surface area contributed by atoms with Crippen LogP contribution in [0, 0.1) is 17.8 Å². The molecule has 0 bridgehead atoms. The van der Waals surface area contributed by atoms with E-state index in [-0.39, 0.29) is 62.5 Å². The number of hydrogen-bond acceptors (Lipinski definition) is 6. The number of rotatable bonds is 20. The topological polar surface area (TPSA) is 114 Å². The molecule has 1 aromatic carbocycles. The second-order valence-corrected chi connectivity index (χ2v) is 9.35. The van der Waals surface area contributed by atoms with Crippen LogP contribution in [0.3, 0.4) is 0 Å². The van der Waals surface area contributed by atoms with Crippen LogP contribution in [0.25, 0.3) is 0 Å². The molecule has 0 aliphatic carbocycles. The first kappa shape index (κ1) is 32.1. The minimum atomic E-state index is -0.591. The molecular formula is C29H44N2O6. The molecule has 3 atom stereocenters. The Kier molecular flexibility index (Phi) is 16.6. The summed E-state index contributed by atoms with van der Waals surface area (Å²) in [7, 11) is 0. The first-order valence-electron chi connectivity index (χ1n) is 13.0. The number of esters is 1. The summed E-state index contributed by atoms with van der Waals surface area (Å²) in [6.45, 7) is 12.1. The van der Waals surface area contributed by atoms with Gasteiger partial charge in [0.1, 0.15) is 6.61 Å². The van der Waals surface area contributed by atoms with Crippen LogP contribution in [0.1, 0.15) is 45.1 Å². The number of hydrogen-bond donors (Lipinski definition) is 3. The predicted molar refractivity (Wildman–Crippen MR) is 145 cm³/mol. The Balaban J connectivity index is 2.69. The molecule has 8 heteroatoms. The molecule has 1 aromatic rings. The molecule has 0 saturated heterocycles. The Hall–Kier alpha value is -2.97. The molecule has 0 aromatic heterocycles. The highest BCUT2D eigenvalue weighted by atomic mass is 16.5. The zero-order chi connectivity index (χ0) is 27.5. The summed E-state index contributed by atoms with van der Waals surface area (Å²) in [4.78, 5) is 38.3. The first-order valence-corrected chi connectivity index (χ1v) is 13.0. The van der Waals surface area contributed by atoms with E-state index in [0.717, 1.165) is 5.56 Å². The highest BCUT2D eigenvalue weighted by Crippen LogP contribution is 2.18. The van der Waals surface area contributed by atoms with Crippen molar-refractivity contribution in [3.05, 3.63) is 61.2 Å². The number of carbonyl (C=O) groups is 3. The van der Waals surface area contributed by atoms with Gasteiger partial charge in [-0.25, -0.2) is 0 Å². The minimum absolute atomic E-state index is 0.00313. The second kappa shape index (κ2) is 19.2. The van der Waals surface area contributed by atoms with Crippen molar-refractivity contribution in [1.82, 2.24) is 10.6 Å². The van der Waals surface area contributed by atoms with Crippen molar-refractivity contribution in [2.45, 2.75) is 52.0 Å². The number of aliphatic hydroxyl groups is 1. The van der Waals surface area contributed by atoms with Gasteiger partial charge in [0.25, 0.3) is 0 Å². The minimum Gasteiger partial charge on any atom is -0.463 e. The maximum absolute atomic E-state index is 13.0. The normalized spacial score (nSPS) is 13.3. The van der Waals surface area contributed by atoms with Gasteiger partial charge in [-0.3, -0.25) is 14.4 Å². The Labute approximate surface area is 221 Å². The lowest BCUT2D eigenvalue weighted by Gasteiger charge is -2.26. The van der Waals surface area contributed by atoms with Crippen molar-refractivity contribution < 1.29 is 29.0 Å². The summed E-state index contributed by atoms with van der Waals surface area (Å²) in [6.07, 6.45) is 5.66. The van der Waals surface area contributed by atoms with Crippen LogP contribution in [0.2, 0.25) is 0 Å². The Bertz CT molecular complexity index is 827. The Morgan fingerprint density at radius 1 is 1.05 bits per heavy atom. The third-order valence-corrected chi connectivity index (χ3v) is 5.97. The monoisotopic (exact) mass is 516 g/mol. The molecule has 37 heavy (non-hydrogen) atoms. The molecule has 3 N–H and O–H groups in total. The van der Waals surface area contributed by atoms with E-state index in [9.17, 15) is 14.4 Å². The van der Waals surface area contributed by atoms with Crippen LogP contribution in [0.4, 0.5) is 0 Å². The molecule has 0 heterocycles. The van der Waals surface area contributed by atoms with E-state index in [1.54, 1.807) is 12.2 Å². The number of carbonyl (C=O) groups excluding carboxylic acids is 3. The van der Waals surface area contributed by atoms with Crippen LogP contribution in [-0.2, 0) is 30.3 Å². The molecule has 1 rings (SSSR count). The molecule has 0 aliphatic heterocycles. The van der Waals surface area contributed by atoms with Gasteiger partial charge in [0.2, 0.25) is 11.8 Å². The van der Waals surface area contributed by atoms with Gasteiger partial charge in [-0.05, 0) is 37.2 Å². The number of benzene rings is 1. The summed E-state index contributed by atoms with van der Waals surface area (Å²) < 4.78 is 10.8. The maximum atomic E-state index is 13.0. The van der Waals surface area contributed by atoms with Gasteiger partial charge in [0.15, 0.2) is 0 Å². The number of allylic oxidation sites excluding steroid dienone is 2. The molecule has 206 valence electrons. The zero-order valence-corrected chi connectivity index (χ0v) is 22.3. The van der Waals surface area contributed by atoms with E-state index in [4.69, 9.17) is 14.6 Å². The summed E-state index contributed by atoms with van der Waals surface area (Å²) in [5, 5.41) is 14.4. The van der Waals surface area contributed by atoms with Crippen LogP contribution >= 0.6 is 0 Å². The Morgan fingerprint density at radius 3 is 2.41 bits per heavy atom. The molecule has 0 radical (unpaired) electrons. The number of ether oxygens (including phenoxy) is 2. The van der Waals surface area contributed by atoms with Crippen LogP contribution < -0.4 is 10.6 Å². The van der Waals surface area contributed by atoms with Gasteiger partial charge >= 0.3 is 5.97 Å². The van der Waals surface area contributed by atoms with Crippen molar-refractivity contribution >= 4 is 17.8 Å². The summed E-state index contributed by atoms with van der Waals surface area (Å²) in [5.41, 5.74) is 1.06. The fourth-order valence-corrected chi connectivity index (χ4v) is 3.72. The first-order chi connectivity index (χ1) is 17.8. The quantitative estimate of drug-likeness (QED) is 0.139. The highest BCUT2D eigenvalue weighted by molar-refractivity contribution is 5.86. The smallest absolute Gasteiger partial charge is 0.309 e. The molecule has 0 fully saturated rings. The van der Waals surface area contributed by atoms with Crippen molar-refractivity contribution in [3.63, 3.8) is 0 Å². The lowest BCUT2D eigenvalue weighted by Crippen LogP contribution is -2.46.